The van der Waals surface area contributed by atoms with Crippen LogP contribution in [0.4, 0.5) is 0 Å². The van der Waals surface area contributed by atoms with Crippen LogP contribution in [0.15, 0.2) is 48.5 Å². The van der Waals surface area contributed by atoms with E-state index in [0.717, 1.165) is 0 Å². The molecule has 0 saturated carbocycles. The van der Waals surface area contributed by atoms with E-state index in [0.29, 0.717) is 6.04 Å². The summed E-state index contributed by atoms with van der Waals surface area (Å²) in [6.45, 7) is 7.50. The summed E-state index contributed by atoms with van der Waals surface area (Å²) in [5.74, 6) is 0. The van der Waals surface area contributed by atoms with Gasteiger partial charge in [-0.3, -0.25) is 0 Å². The molecule has 0 heteroatoms. The van der Waals surface area contributed by atoms with E-state index < -0.39 is 0 Å². The third-order valence-electron chi connectivity index (χ3n) is 0.607. The maximum absolute atomic E-state index is 7.00. The summed E-state index contributed by atoms with van der Waals surface area (Å²) in [5, 5.41) is 0. The van der Waals surface area contributed by atoms with E-state index in [1.807, 2.05) is 32.0 Å². The van der Waals surface area contributed by atoms with Crippen LogP contribution in [-0.4, -0.2) is 0 Å². The van der Waals surface area contributed by atoms with E-state index in [4.69, 9.17) is 1.37 Å². The summed E-state index contributed by atoms with van der Waals surface area (Å²) in [4.78, 5) is 0. The van der Waals surface area contributed by atoms with E-state index in [9.17, 15) is 0 Å². The fourth-order valence-corrected chi connectivity index (χ4v) is 0.342. The summed E-state index contributed by atoms with van der Waals surface area (Å²) in [6, 6.07) is 9.67. The molecule has 0 aliphatic rings. The summed E-state index contributed by atoms with van der Waals surface area (Å²) in [5.41, 5.74) is 1.17. The molecule has 0 aliphatic heterocycles. The van der Waals surface area contributed by atoms with Gasteiger partial charge in [0.2, 0.25) is 0 Å². The van der Waals surface area contributed by atoms with E-state index in [1.165, 1.54) is 5.57 Å². The van der Waals surface area contributed by atoms with Gasteiger partial charge in [0.15, 0.2) is 0 Å². The molecule has 0 aliphatic carbocycles. The summed E-state index contributed by atoms with van der Waals surface area (Å²) >= 11 is 0. The Kier molecular flexibility index (Phi) is 4.30. The van der Waals surface area contributed by atoms with Crippen LogP contribution >= 0.6 is 0 Å². The van der Waals surface area contributed by atoms with Crippen molar-refractivity contribution in [3.05, 3.63) is 48.5 Å². The maximum Gasteiger partial charge on any atom is 0.0623 e. The van der Waals surface area contributed by atoms with Crippen molar-refractivity contribution in [2.24, 2.45) is 0 Å². The Balaban J connectivity index is 0.000000218. The molecule has 0 atom stereocenters. The lowest BCUT2D eigenvalue weighted by Crippen LogP contribution is -1.47. The van der Waals surface area contributed by atoms with Crippen LogP contribution in [0.5, 0.6) is 0 Å². The Labute approximate surface area is 64.6 Å². The van der Waals surface area contributed by atoms with Crippen LogP contribution in [0.25, 0.3) is 0 Å². The summed E-state index contributed by atoms with van der Waals surface area (Å²) in [7, 11) is 0. The minimum Gasteiger partial charge on any atom is -0.100 e. The molecule has 1 aromatic rings. The highest BCUT2D eigenvalue weighted by Gasteiger charge is 1.57. The monoisotopic (exact) mass is 136 g/mol. The first-order valence-electron chi connectivity index (χ1n) is 3.76. The van der Waals surface area contributed by atoms with Gasteiger partial charge in [0.25, 0.3) is 0 Å². The van der Waals surface area contributed by atoms with Gasteiger partial charge in [0, 0.05) is 0 Å². The van der Waals surface area contributed by atoms with Crippen molar-refractivity contribution in [2.45, 2.75) is 13.8 Å². The Hall–Kier alpha value is -1.04. The first-order valence-corrected chi connectivity index (χ1v) is 3.26. The second-order valence-electron chi connectivity index (χ2n) is 2.28. The molecule has 1 rings (SSSR count). The zero-order chi connectivity index (χ0) is 8.69. The molecule has 0 heterocycles. The molecule has 0 aromatic heterocycles. The van der Waals surface area contributed by atoms with Crippen LogP contribution in [0.2, 0.25) is 0 Å². The zero-order valence-electron chi connectivity index (χ0n) is 7.59. The molecule has 0 unspecified atom stereocenters. The van der Waals surface area contributed by atoms with E-state index >= 15 is 0 Å². The lowest BCUT2D eigenvalue weighted by Gasteiger charge is -1.69. The fraction of sp³-hybridized carbons (Fsp3) is 0.200. The van der Waals surface area contributed by atoms with Gasteiger partial charge in [-0.1, -0.05) is 41.9 Å². The Morgan fingerprint density at radius 1 is 1.10 bits per heavy atom. The molecule has 10 heavy (non-hydrogen) atoms. The third-order valence-corrected chi connectivity index (χ3v) is 0.607. The number of hydrogen-bond acceptors (Lipinski definition) is 0. The van der Waals surface area contributed by atoms with Crippen molar-refractivity contribution in [1.82, 2.24) is 0 Å². The number of allylic oxidation sites excluding steroid dienone is 1. The Bertz CT molecular complexity index is 197. The van der Waals surface area contributed by atoms with Crippen molar-refractivity contribution >= 4 is 0 Å². The molecule has 0 radical (unpaired) electrons. The highest BCUT2D eigenvalue weighted by molar-refractivity contribution is 4.99. The average molecular weight is 136 g/mol. The zero-order valence-corrected chi connectivity index (χ0v) is 6.59. The minimum atomic E-state index is 0.572. The van der Waals surface area contributed by atoms with Crippen molar-refractivity contribution < 1.29 is 1.37 Å². The van der Waals surface area contributed by atoms with Gasteiger partial charge in [-0.15, -0.1) is 6.58 Å². The van der Waals surface area contributed by atoms with Gasteiger partial charge in [-0.05, 0) is 13.8 Å². The average Bonchev–Trinajstić information content (AvgIpc) is 1.87. The molecule has 0 saturated heterocycles. The smallest absolute Gasteiger partial charge is 0.0623 e. The second-order valence-corrected chi connectivity index (χ2v) is 2.28. The number of benzene rings is 1. The maximum atomic E-state index is 7.00. The van der Waals surface area contributed by atoms with Crippen LogP contribution in [0.3, 0.4) is 0 Å². The summed E-state index contributed by atoms with van der Waals surface area (Å²) < 4.78 is 7.00. The molecule has 0 nitrogen and oxygen atoms in total. The fourth-order valence-electron chi connectivity index (χ4n) is 0.342. The molecule has 0 spiro atoms. The van der Waals surface area contributed by atoms with Gasteiger partial charge >= 0.3 is 0 Å². The van der Waals surface area contributed by atoms with Crippen molar-refractivity contribution in [2.75, 3.05) is 0 Å². The van der Waals surface area contributed by atoms with Crippen LogP contribution in [-0.2, 0) is 0 Å². The molecular formula is C10H14. The number of rotatable bonds is 0. The van der Waals surface area contributed by atoms with E-state index in [2.05, 4.69) is 6.58 Å². The highest BCUT2D eigenvalue weighted by atomic mass is 13.6. The van der Waals surface area contributed by atoms with Crippen LogP contribution in [0.1, 0.15) is 15.2 Å². The minimum absolute atomic E-state index is 0.572. The highest BCUT2D eigenvalue weighted by Crippen LogP contribution is 1.79. The quantitative estimate of drug-likeness (QED) is 0.480. The van der Waals surface area contributed by atoms with Gasteiger partial charge in [-0.2, -0.15) is 0 Å². The van der Waals surface area contributed by atoms with Gasteiger partial charge in [0.05, 0.1) is 1.37 Å². The van der Waals surface area contributed by atoms with Crippen molar-refractivity contribution in [1.29, 1.82) is 0 Å². The van der Waals surface area contributed by atoms with Crippen LogP contribution in [0, 0.1) is 0 Å². The lowest BCUT2D eigenvalue weighted by atomic mass is 10.4. The predicted molar refractivity (Wildman–Crippen MR) is 46.9 cm³/mol. The summed E-state index contributed by atoms with van der Waals surface area (Å²) in [6.07, 6.45) is 0. The molecular weight excluding hydrogens is 120 g/mol. The molecule has 0 bridgehead atoms. The predicted octanol–water partition coefficient (Wildman–Crippen LogP) is 3.27. The molecule has 0 amide bonds. The lowest BCUT2D eigenvalue weighted by molar-refractivity contribution is 1.42. The van der Waals surface area contributed by atoms with Gasteiger partial charge < -0.3 is 0 Å². The first kappa shape index (κ1) is 7.07. The van der Waals surface area contributed by atoms with Crippen molar-refractivity contribution in [3.63, 3.8) is 0 Å². The first-order chi connectivity index (χ1) is 5.13. The van der Waals surface area contributed by atoms with Gasteiger partial charge in [-0.25, -0.2) is 0 Å². The van der Waals surface area contributed by atoms with E-state index in [1.54, 1.807) is 12.1 Å². The normalized spacial score (nSPS) is 8.80. The largest absolute Gasteiger partial charge is 0.100 e. The SMILES string of the molecule is C=C(C)C.[3H]c1ccccc1. The molecule has 0 N–H and O–H groups in total. The van der Waals surface area contributed by atoms with E-state index in [-0.39, 0.29) is 0 Å². The Morgan fingerprint density at radius 3 is 1.60 bits per heavy atom. The van der Waals surface area contributed by atoms with Gasteiger partial charge in [0.1, 0.15) is 0 Å². The number of hydrogen-bond donors (Lipinski definition) is 0. The van der Waals surface area contributed by atoms with Crippen LogP contribution < -0.4 is 0 Å². The topological polar surface area (TPSA) is 0 Å². The molecule has 0 fully saturated rings. The standard InChI is InChI=1S/C6H6.C4H8/c1-2-4-6-5-3-1;1-4(2)3/h1-6H;1H2,2-3H3/i1T;. The second kappa shape index (κ2) is 6.09. The Morgan fingerprint density at radius 2 is 1.40 bits per heavy atom. The molecule has 54 valence electrons. The van der Waals surface area contributed by atoms with Crippen molar-refractivity contribution in [3.8, 4) is 0 Å². The molecule has 1 aromatic carbocycles. The third kappa shape index (κ3) is 10.0.